The van der Waals surface area contributed by atoms with E-state index in [9.17, 15) is 9.59 Å². The Bertz CT molecular complexity index is 806. The number of carbonyl (C=O) groups is 2. The van der Waals surface area contributed by atoms with Crippen molar-refractivity contribution >= 4 is 17.6 Å². The molecule has 0 bridgehead atoms. The lowest BCUT2D eigenvalue weighted by molar-refractivity contribution is -0.124. The quantitative estimate of drug-likeness (QED) is 0.804. The van der Waals surface area contributed by atoms with Gasteiger partial charge in [0.15, 0.2) is 0 Å². The van der Waals surface area contributed by atoms with E-state index in [0.29, 0.717) is 18.8 Å². The summed E-state index contributed by atoms with van der Waals surface area (Å²) in [7, 11) is 1.74. The Balaban J connectivity index is 1.53. The molecule has 28 heavy (non-hydrogen) atoms. The second-order valence-electron chi connectivity index (χ2n) is 6.89. The van der Waals surface area contributed by atoms with Gasteiger partial charge in [0, 0.05) is 32.1 Å². The van der Waals surface area contributed by atoms with E-state index in [-0.39, 0.29) is 24.1 Å². The second-order valence-corrected chi connectivity index (χ2v) is 6.89. The van der Waals surface area contributed by atoms with Gasteiger partial charge in [-0.2, -0.15) is 0 Å². The minimum Gasteiger partial charge on any atom is -0.368 e. The summed E-state index contributed by atoms with van der Waals surface area (Å²) in [6, 6.07) is 12.8. The highest BCUT2D eigenvalue weighted by atomic mass is 16.5. The predicted octanol–water partition coefficient (Wildman–Crippen LogP) is 3.10. The van der Waals surface area contributed by atoms with E-state index in [0.717, 1.165) is 24.1 Å². The first-order chi connectivity index (χ1) is 13.5. The fourth-order valence-electron chi connectivity index (χ4n) is 3.07. The second kappa shape index (κ2) is 9.32. The van der Waals surface area contributed by atoms with Gasteiger partial charge in [-0.3, -0.25) is 9.78 Å². The monoisotopic (exact) mass is 382 g/mol. The molecule has 1 fully saturated rings. The van der Waals surface area contributed by atoms with Crippen molar-refractivity contribution in [3.05, 3.63) is 59.9 Å². The molecule has 1 aromatic carbocycles. The summed E-state index contributed by atoms with van der Waals surface area (Å²) in [5, 5.41) is 5.79. The van der Waals surface area contributed by atoms with Crippen LogP contribution in [-0.2, 0) is 16.1 Å². The van der Waals surface area contributed by atoms with Crippen LogP contribution in [0.5, 0.6) is 0 Å². The number of nitrogens with zero attached hydrogens (tertiary/aromatic N) is 2. The van der Waals surface area contributed by atoms with Crippen LogP contribution in [0.15, 0.2) is 48.7 Å². The number of nitrogens with one attached hydrogen (secondary N) is 2. The average molecular weight is 382 g/mol. The van der Waals surface area contributed by atoms with E-state index in [1.54, 1.807) is 18.1 Å². The van der Waals surface area contributed by atoms with Crippen LogP contribution in [0.2, 0.25) is 0 Å². The van der Waals surface area contributed by atoms with Gasteiger partial charge < -0.3 is 20.3 Å². The summed E-state index contributed by atoms with van der Waals surface area (Å²) < 4.78 is 5.40. The number of carbonyl (C=O) groups excluding carboxylic acids is 2. The number of hydrogen-bond donors (Lipinski definition) is 2. The van der Waals surface area contributed by atoms with Gasteiger partial charge in [0.1, 0.15) is 6.10 Å². The maximum atomic E-state index is 12.5. The molecule has 2 heterocycles. The number of aromatic nitrogens is 1. The lowest BCUT2D eigenvalue weighted by Gasteiger charge is -2.24. The van der Waals surface area contributed by atoms with E-state index < -0.39 is 0 Å². The number of pyridine rings is 1. The summed E-state index contributed by atoms with van der Waals surface area (Å²) in [6.45, 7) is 2.93. The van der Waals surface area contributed by atoms with Gasteiger partial charge in [-0.15, -0.1) is 0 Å². The fourth-order valence-corrected chi connectivity index (χ4v) is 3.07. The predicted molar refractivity (Wildman–Crippen MR) is 107 cm³/mol. The average Bonchev–Trinajstić information content (AvgIpc) is 3.27. The number of urea groups is 1. The van der Waals surface area contributed by atoms with Crippen LogP contribution in [0.25, 0.3) is 0 Å². The number of ether oxygens (including phenoxy) is 1. The number of anilines is 1. The Hall–Kier alpha value is -2.93. The standard InChI is InChI=1S/C21H26N4O3/c1-15(18-9-3-4-11-22-18)25(2)21(27)23-14-16-7-5-8-17(13-16)24-20(26)19-10-6-12-28-19/h3-5,7-9,11,13,15,19H,6,10,12,14H2,1-2H3,(H,23,27)(H,24,26). The molecule has 2 atom stereocenters. The molecule has 3 rings (SSSR count). The highest BCUT2D eigenvalue weighted by Gasteiger charge is 2.23. The lowest BCUT2D eigenvalue weighted by atomic mass is 10.1. The molecule has 0 saturated carbocycles. The van der Waals surface area contributed by atoms with Gasteiger partial charge in [-0.1, -0.05) is 18.2 Å². The van der Waals surface area contributed by atoms with Gasteiger partial charge in [0.05, 0.1) is 11.7 Å². The smallest absolute Gasteiger partial charge is 0.317 e. The number of hydrogen-bond acceptors (Lipinski definition) is 4. The van der Waals surface area contributed by atoms with Gasteiger partial charge >= 0.3 is 6.03 Å². The van der Waals surface area contributed by atoms with Gasteiger partial charge in [-0.05, 0) is 49.6 Å². The number of amides is 3. The zero-order valence-electron chi connectivity index (χ0n) is 16.2. The van der Waals surface area contributed by atoms with Crippen LogP contribution in [0, 0.1) is 0 Å². The van der Waals surface area contributed by atoms with Gasteiger partial charge in [-0.25, -0.2) is 4.79 Å². The molecule has 1 aliphatic rings. The molecule has 2 aromatic rings. The summed E-state index contributed by atoms with van der Waals surface area (Å²) in [4.78, 5) is 30.6. The van der Waals surface area contributed by atoms with Crippen molar-refractivity contribution < 1.29 is 14.3 Å². The molecular weight excluding hydrogens is 356 g/mol. The van der Waals surface area contributed by atoms with Crippen LogP contribution >= 0.6 is 0 Å². The third kappa shape index (κ3) is 5.07. The first kappa shape index (κ1) is 19.8. The molecule has 0 aliphatic carbocycles. The van der Waals surface area contributed by atoms with Gasteiger partial charge in [0.2, 0.25) is 0 Å². The van der Waals surface area contributed by atoms with Crippen LogP contribution < -0.4 is 10.6 Å². The van der Waals surface area contributed by atoms with Crippen LogP contribution in [0.4, 0.5) is 10.5 Å². The van der Waals surface area contributed by atoms with Crippen molar-refractivity contribution in [3.63, 3.8) is 0 Å². The minimum absolute atomic E-state index is 0.123. The SMILES string of the molecule is CC(c1ccccn1)N(C)C(=O)NCc1cccc(NC(=O)C2CCCO2)c1. The fraction of sp³-hybridized carbons (Fsp3) is 0.381. The zero-order chi connectivity index (χ0) is 19.9. The van der Waals surface area contributed by atoms with Crippen LogP contribution in [-0.4, -0.2) is 41.6 Å². The zero-order valence-corrected chi connectivity index (χ0v) is 16.2. The molecular formula is C21H26N4O3. The minimum atomic E-state index is -0.370. The Morgan fingerprint density at radius 2 is 2.14 bits per heavy atom. The normalized spacial score (nSPS) is 17.0. The third-order valence-electron chi connectivity index (χ3n) is 4.88. The Kier molecular flexibility index (Phi) is 6.60. The topological polar surface area (TPSA) is 83.6 Å². The highest BCUT2D eigenvalue weighted by molar-refractivity contribution is 5.94. The van der Waals surface area contributed by atoms with Crippen molar-refractivity contribution in [3.8, 4) is 0 Å². The molecule has 1 saturated heterocycles. The molecule has 3 amide bonds. The first-order valence-corrected chi connectivity index (χ1v) is 9.47. The summed E-state index contributed by atoms with van der Waals surface area (Å²) >= 11 is 0. The molecule has 1 aromatic heterocycles. The van der Waals surface area contributed by atoms with Crippen molar-refractivity contribution in [2.24, 2.45) is 0 Å². The van der Waals surface area contributed by atoms with E-state index in [2.05, 4.69) is 15.6 Å². The van der Waals surface area contributed by atoms with Crippen molar-refractivity contribution in [2.45, 2.75) is 38.5 Å². The van der Waals surface area contributed by atoms with Crippen molar-refractivity contribution in [1.82, 2.24) is 15.2 Å². The third-order valence-corrected chi connectivity index (χ3v) is 4.88. The summed E-state index contributed by atoms with van der Waals surface area (Å²) in [6.07, 6.45) is 3.01. The number of benzene rings is 1. The van der Waals surface area contributed by atoms with Gasteiger partial charge in [0.25, 0.3) is 5.91 Å². The molecule has 1 aliphatic heterocycles. The maximum Gasteiger partial charge on any atom is 0.317 e. The largest absolute Gasteiger partial charge is 0.368 e. The Morgan fingerprint density at radius 3 is 2.86 bits per heavy atom. The lowest BCUT2D eigenvalue weighted by Crippen LogP contribution is -2.38. The van der Waals surface area contributed by atoms with Crippen molar-refractivity contribution in [1.29, 1.82) is 0 Å². The first-order valence-electron chi connectivity index (χ1n) is 9.47. The van der Waals surface area contributed by atoms with Crippen molar-refractivity contribution in [2.75, 3.05) is 19.0 Å². The van der Waals surface area contributed by atoms with Crippen LogP contribution in [0.1, 0.15) is 37.1 Å². The molecule has 7 heteroatoms. The van der Waals surface area contributed by atoms with Crippen LogP contribution in [0.3, 0.4) is 0 Å². The Labute approximate surface area is 165 Å². The van der Waals surface area contributed by atoms with E-state index >= 15 is 0 Å². The molecule has 2 unspecified atom stereocenters. The van der Waals surface area contributed by atoms with E-state index in [1.807, 2.05) is 49.4 Å². The summed E-state index contributed by atoms with van der Waals surface area (Å²) in [5.74, 6) is -0.123. The maximum absolute atomic E-state index is 12.5. The molecule has 0 spiro atoms. The van der Waals surface area contributed by atoms with E-state index in [1.165, 1.54) is 0 Å². The molecule has 2 N–H and O–H groups in total. The summed E-state index contributed by atoms with van der Waals surface area (Å²) in [5.41, 5.74) is 2.43. The molecule has 148 valence electrons. The molecule has 0 radical (unpaired) electrons. The highest BCUT2D eigenvalue weighted by Crippen LogP contribution is 2.17. The Morgan fingerprint density at radius 1 is 1.29 bits per heavy atom. The molecule has 7 nitrogen and oxygen atoms in total. The van der Waals surface area contributed by atoms with E-state index in [4.69, 9.17) is 4.74 Å². The number of rotatable bonds is 6.